The third kappa shape index (κ3) is 6.38. The zero-order valence-corrected chi connectivity index (χ0v) is 18.6. The molecule has 1 saturated heterocycles. The van der Waals surface area contributed by atoms with Crippen molar-refractivity contribution in [1.82, 2.24) is 14.7 Å². The van der Waals surface area contributed by atoms with Crippen LogP contribution in [-0.2, 0) is 9.59 Å². The van der Waals surface area contributed by atoms with Crippen LogP contribution in [0.2, 0.25) is 0 Å². The van der Waals surface area contributed by atoms with E-state index in [0.717, 1.165) is 31.5 Å². The van der Waals surface area contributed by atoms with Crippen molar-refractivity contribution in [2.45, 2.75) is 12.8 Å². The lowest BCUT2D eigenvalue weighted by Gasteiger charge is -2.23. The Hall–Kier alpha value is -2.74. The number of nitrogens with zero attached hydrogens (tertiary/aromatic N) is 3. The molecule has 1 fully saturated rings. The molecule has 1 aliphatic heterocycles. The number of methoxy groups -OCH3 is 3. The van der Waals surface area contributed by atoms with Gasteiger partial charge in [-0.3, -0.25) is 14.5 Å². The first kappa shape index (κ1) is 23.5. The molecule has 0 aromatic heterocycles. The van der Waals surface area contributed by atoms with Gasteiger partial charge in [-0.25, -0.2) is 0 Å². The van der Waals surface area contributed by atoms with Crippen molar-refractivity contribution in [3.8, 4) is 17.2 Å². The predicted octanol–water partition coefficient (Wildman–Crippen LogP) is 1.74. The molecule has 0 saturated carbocycles. The van der Waals surface area contributed by atoms with Crippen LogP contribution in [0.4, 0.5) is 0 Å². The van der Waals surface area contributed by atoms with E-state index in [9.17, 15) is 9.59 Å². The molecule has 2 rings (SSSR count). The van der Waals surface area contributed by atoms with Crippen molar-refractivity contribution in [2.24, 2.45) is 0 Å². The van der Waals surface area contributed by atoms with Crippen molar-refractivity contribution in [1.29, 1.82) is 0 Å². The van der Waals surface area contributed by atoms with Crippen LogP contribution in [-0.4, -0.2) is 94.7 Å². The molecule has 8 heteroatoms. The number of carbonyl (C=O) groups is 2. The second-order valence-corrected chi connectivity index (χ2v) is 7.38. The van der Waals surface area contributed by atoms with Crippen LogP contribution in [0.1, 0.15) is 18.4 Å². The van der Waals surface area contributed by atoms with Gasteiger partial charge in [0.05, 0.1) is 27.9 Å². The van der Waals surface area contributed by atoms with Gasteiger partial charge in [0.15, 0.2) is 11.5 Å². The molecule has 0 aliphatic carbocycles. The van der Waals surface area contributed by atoms with Gasteiger partial charge in [0, 0.05) is 39.3 Å². The van der Waals surface area contributed by atoms with E-state index in [-0.39, 0.29) is 11.8 Å². The molecule has 1 aromatic rings. The third-order valence-electron chi connectivity index (χ3n) is 5.16. The van der Waals surface area contributed by atoms with Gasteiger partial charge in [-0.05, 0) is 43.7 Å². The van der Waals surface area contributed by atoms with E-state index < -0.39 is 0 Å². The lowest BCUT2D eigenvalue weighted by atomic mass is 10.1. The van der Waals surface area contributed by atoms with Gasteiger partial charge in [0.25, 0.3) is 0 Å². The van der Waals surface area contributed by atoms with Gasteiger partial charge in [-0.15, -0.1) is 0 Å². The lowest BCUT2D eigenvalue weighted by Crippen LogP contribution is -2.40. The van der Waals surface area contributed by atoms with Crippen molar-refractivity contribution >= 4 is 17.9 Å². The van der Waals surface area contributed by atoms with Gasteiger partial charge >= 0.3 is 0 Å². The summed E-state index contributed by atoms with van der Waals surface area (Å²) in [4.78, 5) is 30.1. The van der Waals surface area contributed by atoms with Crippen molar-refractivity contribution in [3.05, 3.63) is 23.8 Å². The SMILES string of the molecule is COc1cc(/C=C/C(=O)N(C)CCN(C)CC(=O)N2CCCC2)cc(OC)c1OC. The molecule has 1 heterocycles. The fourth-order valence-electron chi connectivity index (χ4n) is 3.30. The summed E-state index contributed by atoms with van der Waals surface area (Å²) in [6, 6.07) is 3.56. The average Bonchev–Trinajstić information content (AvgIpc) is 3.29. The molecular weight excluding hydrogens is 386 g/mol. The Morgan fingerprint density at radius 3 is 2.13 bits per heavy atom. The van der Waals surface area contributed by atoms with Crippen LogP contribution >= 0.6 is 0 Å². The molecule has 2 amide bonds. The number of amides is 2. The van der Waals surface area contributed by atoms with Gasteiger partial charge in [0.2, 0.25) is 17.6 Å². The topological polar surface area (TPSA) is 71.6 Å². The summed E-state index contributed by atoms with van der Waals surface area (Å²) < 4.78 is 16.0. The third-order valence-corrected chi connectivity index (χ3v) is 5.16. The fourth-order valence-corrected chi connectivity index (χ4v) is 3.30. The predicted molar refractivity (Wildman–Crippen MR) is 116 cm³/mol. The zero-order chi connectivity index (χ0) is 22.1. The van der Waals surface area contributed by atoms with Crippen molar-refractivity contribution < 1.29 is 23.8 Å². The first-order valence-electron chi connectivity index (χ1n) is 10.1. The molecule has 0 atom stereocenters. The summed E-state index contributed by atoms with van der Waals surface area (Å²) in [5.41, 5.74) is 0.763. The van der Waals surface area contributed by atoms with Gasteiger partial charge in [-0.2, -0.15) is 0 Å². The minimum absolute atomic E-state index is 0.122. The first-order valence-corrected chi connectivity index (χ1v) is 10.1. The van der Waals surface area contributed by atoms with E-state index in [1.54, 1.807) is 51.5 Å². The molecule has 0 bridgehead atoms. The molecule has 30 heavy (non-hydrogen) atoms. The van der Waals surface area contributed by atoms with Crippen LogP contribution in [0.5, 0.6) is 17.2 Å². The molecule has 0 radical (unpaired) electrons. The summed E-state index contributed by atoms with van der Waals surface area (Å²) in [5.74, 6) is 1.60. The van der Waals surface area contributed by atoms with E-state index >= 15 is 0 Å². The van der Waals surface area contributed by atoms with E-state index in [0.29, 0.717) is 36.9 Å². The maximum atomic E-state index is 12.5. The quantitative estimate of drug-likeness (QED) is 0.538. The molecule has 1 aliphatic rings. The maximum Gasteiger partial charge on any atom is 0.246 e. The molecule has 1 aromatic carbocycles. The average molecular weight is 420 g/mol. The van der Waals surface area contributed by atoms with E-state index in [2.05, 4.69) is 0 Å². The van der Waals surface area contributed by atoms with E-state index in [4.69, 9.17) is 14.2 Å². The van der Waals surface area contributed by atoms with Crippen LogP contribution in [0.15, 0.2) is 18.2 Å². The van der Waals surface area contributed by atoms with Crippen LogP contribution < -0.4 is 14.2 Å². The number of hydrogen-bond acceptors (Lipinski definition) is 6. The Bertz CT molecular complexity index is 734. The minimum atomic E-state index is -0.122. The summed E-state index contributed by atoms with van der Waals surface area (Å²) in [7, 11) is 8.30. The van der Waals surface area contributed by atoms with Gasteiger partial charge < -0.3 is 24.0 Å². The standard InChI is InChI=1S/C22H33N3O5/c1-23(16-21(27)25-10-6-7-11-25)12-13-24(2)20(26)9-8-17-14-18(28-3)22(30-5)19(15-17)29-4/h8-9,14-15H,6-7,10-13,16H2,1-5H3/b9-8+. The van der Waals surface area contributed by atoms with Gasteiger partial charge in [-0.1, -0.05) is 0 Å². The number of rotatable bonds is 10. The largest absolute Gasteiger partial charge is 0.493 e. The highest BCUT2D eigenvalue weighted by Crippen LogP contribution is 2.38. The highest BCUT2D eigenvalue weighted by atomic mass is 16.5. The highest BCUT2D eigenvalue weighted by molar-refractivity contribution is 5.91. The monoisotopic (exact) mass is 419 g/mol. The number of ether oxygens (including phenoxy) is 3. The molecule has 0 N–H and O–H groups in total. The fraction of sp³-hybridized carbons (Fsp3) is 0.545. The van der Waals surface area contributed by atoms with Crippen LogP contribution in [0, 0.1) is 0 Å². The van der Waals surface area contributed by atoms with Crippen molar-refractivity contribution in [2.75, 3.05) is 68.1 Å². The van der Waals surface area contributed by atoms with Crippen LogP contribution in [0.25, 0.3) is 6.08 Å². The Morgan fingerprint density at radius 1 is 1.00 bits per heavy atom. The number of benzene rings is 1. The second-order valence-electron chi connectivity index (χ2n) is 7.38. The summed E-state index contributed by atoms with van der Waals surface area (Å²) in [6.07, 6.45) is 5.40. The molecule has 166 valence electrons. The Labute approximate surface area is 179 Å². The van der Waals surface area contributed by atoms with Gasteiger partial charge in [0.1, 0.15) is 0 Å². The number of likely N-dealkylation sites (N-methyl/N-ethyl adjacent to an activating group) is 2. The van der Waals surface area contributed by atoms with E-state index in [1.165, 1.54) is 6.08 Å². The highest BCUT2D eigenvalue weighted by Gasteiger charge is 2.19. The number of carbonyl (C=O) groups excluding carboxylic acids is 2. The molecule has 8 nitrogen and oxygen atoms in total. The van der Waals surface area contributed by atoms with E-state index in [1.807, 2.05) is 16.8 Å². The smallest absolute Gasteiger partial charge is 0.246 e. The number of likely N-dealkylation sites (tertiary alicyclic amines) is 1. The lowest BCUT2D eigenvalue weighted by molar-refractivity contribution is -0.131. The Balaban J connectivity index is 1.88. The maximum absolute atomic E-state index is 12.5. The normalized spacial score (nSPS) is 13.7. The minimum Gasteiger partial charge on any atom is -0.493 e. The molecular formula is C22H33N3O5. The summed E-state index contributed by atoms with van der Waals surface area (Å²) in [6.45, 7) is 3.25. The molecule has 0 unspecified atom stereocenters. The zero-order valence-electron chi connectivity index (χ0n) is 18.6. The van der Waals surface area contributed by atoms with Crippen molar-refractivity contribution in [3.63, 3.8) is 0 Å². The summed E-state index contributed by atoms with van der Waals surface area (Å²) in [5, 5.41) is 0. The first-order chi connectivity index (χ1) is 14.4. The van der Waals surface area contributed by atoms with Crippen LogP contribution in [0.3, 0.4) is 0 Å². The Kier molecular flexibility index (Phi) is 8.98. The second kappa shape index (κ2) is 11.4. The number of hydrogen-bond donors (Lipinski definition) is 0. The summed E-state index contributed by atoms with van der Waals surface area (Å²) >= 11 is 0. The molecule has 0 spiro atoms. The Morgan fingerprint density at radius 2 is 1.60 bits per heavy atom.